The number of amides is 2. The molecule has 0 bridgehead atoms. The van der Waals surface area contributed by atoms with E-state index >= 15 is 0 Å². The molecule has 0 spiro atoms. The summed E-state index contributed by atoms with van der Waals surface area (Å²) in [6.45, 7) is 7.89. The Kier molecular flexibility index (Phi) is 6.46. The summed E-state index contributed by atoms with van der Waals surface area (Å²) in [5.74, 6) is 0.478. The molecule has 1 N–H and O–H groups in total. The maximum Gasteiger partial charge on any atom is 0.317 e. The number of carbonyl (C=O) groups is 1. The van der Waals surface area contributed by atoms with Gasteiger partial charge in [-0.25, -0.2) is 9.48 Å². The van der Waals surface area contributed by atoms with Crippen LogP contribution in [0, 0.1) is 11.3 Å². The van der Waals surface area contributed by atoms with E-state index in [2.05, 4.69) is 47.6 Å². The maximum atomic E-state index is 13.0. The molecule has 35 heavy (non-hydrogen) atoms. The Labute approximate surface area is 208 Å². The molecule has 0 saturated heterocycles. The molecule has 0 aliphatic heterocycles. The molecule has 3 atom stereocenters. The number of urea groups is 1. The van der Waals surface area contributed by atoms with Crippen LogP contribution in [0.2, 0.25) is 0 Å². The van der Waals surface area contributed by atoms with Gasteiger partial charge in [-0.2, -0.15) is 5.10 Å². The van der Waals surface area contributed by atoms with Crippen molar-refractivity contribution in [1.29, 1.82) is 0 Å². The Morgan fingerprint density at radius 1 is 1.17 bits per heavy atom. The molecule has 1 unspecified atom stereocenters. The lowest BCUT2D eigenvalue weighted by Crippen LogP contribution is -2.42. The Bertz CT molecular complexity index is 1200. The lowest BCUT2D eigenvalue weighted by atomic mass is 9.68. The second-order valence-corrected chi connectivity index (χ2v) is 10.00. The molecular weight excluding hydrogens is 434 g/mol. The van der Waals surface area contributed by atoms with Crippen LogP contribution in [0.3, 0.4) is 0 Å². The van der Waals surface area contributed by atoms with Crippen LogP contribution in [0.25, 0.3) is 11.8 Å². The first-order chi connectivity index (χ1) is 17.0. The van der Waals surface area contributed by atoms with E-state index in [1.165, 1.54) is 22.4 Å². The summed E-state index contributed by atoms with van der Waals surface area (Å²) < 4.78 is 2.01. The smallest absolute Gasteiger partial charge is 0.317 e. The lowest BCUT2D eigenvalue weighted by Gasteiger charge is -2.38. The summed E-state index contributed by atoms with van der Waals surface area (Å²) in [6, 6.07) is 14.4. The molecule has 6 heteroatoms. The van der Waals surface area contributed by atoms with Gasteiger partial charge in [-0.15, -0.1) is 0 Å². The number of pyridine rings is 1. The zero-order valence-corrected chi connectivity index (χ0v) is 20.9. The van der Waals surface area contributed by atoms with E-state index < -0.39 is 0 Å². The van der Waals surface area contributed by atoms with Gasteiger partial charge in [-0.3, -0.25) is 4.98 Å². The van der Waals surface area contributed by atoms with Crippen molar-refractivity contribution in [3.63, 3.8) is 0 Å². The van der Waals surface area contributed by atoms with E-state index in [4.69, 9.17) is 5.10 Å². The summed E-state index contributed by atoms with van der Waals surface area (Å²) >= 11 is 0. The van der Waals surface area contributed by atoms with Crippen molar-refractivity contribution in [3.8, 4) is 5.69 Å². The molecule has 2 aromatic heterocycles. The highest BCUT2D eigenvalue weighted by Gasteiger charge is 2.46. The van der Waals surface area contributed by atoms with Crippen LogP contribution in [-0.2, 0) is 6.42 Å². The number of hydrogen-bond acceptors (Lipinski definition) is 3. The molecule has 182 valence electrons. The van der Waals surface area contributed by atoms with Crippen molar-refractivity contribution < 1.29 is 4.79 Å². The first-order valence-electron chi connectivity index (χ1n) is 12.8. The second kappa shape index (κ2) is 9.68. The third kappa shape index (κ3) is 4.38. The minimum atomic E-state index is -0.00927. The van der Waals surface area contributed by atoms with Crippen molar-refractivity contribution in [3.05, 3.63) is 83.4 Å². The van der Waals surface area contributed by atoms with Gasteiger partial charge in [0.2, 0.25) is 0 Å². The molecule has 1 fully saturated rings. The third-order valence-electron chi connectivity index (χ3n) is 8.11. The van der Waals surface area contributed by atoms with Crippen molar-refractivity contribution in [2.24, 2.45) is 11.3 Å². The first kappa shape index (κ1) is 23.3. The predicted molar refractivity (Wildman–Crippen MR) is 139 cm³/mol. The SMILES string of the molecule is CCN(CC)C(=O)NC(C[C@H]1CCC2=Cc3c(cnn3-c3cccnc3)C[C@@]21C)c1ccccc1. The van der Waals surface area contributed by atoms with Crippen LogP contribution >= 0.6 is 0 Å². The van der Waals surface area contributed by atoms with Crippen LogP contribution in [0.15, 0.2) is 66.6 Å². The van der Waals surface area contributed by atoms with E-state index in [-0.39, 0.29) is 17.5 Å². The highest BCUT2D eigenvalue weighted by atomic mass is 16.2. The topological polar surface area (TPSA) is 63.1 Å². The molecular formula is C29H35N5O. The fourth-order valence-corrected chi connectivity index (χ4v) is 6.00. The van der Waals surface area contributed by atoms with Gasteiger partial charge in [0.05, 0.1) is 29.8 Å². The number of aromatic nitrogens is 3. The molecule has 1 saturated carbocycles. The van der Waals surface area contributed by atoms with Gasteiger partial charge in [0.15, 0.2) is 0 Å². The largest absolute Gasteiger partial charge is 0.331 e. The van der Waals surface area contributed by atoms with Gasteiger partial charge in [0, 0.05) is 19.3 Å². The number of benzene rings is 1. The zero-order chi connectivity index (χ0) is 24.4. The van der Waals surface area contributed by atoms with Gasteiger partial charge in [0.1, 0.15) is 0 Å². The van der Waals surface area contributed by atoms with E-state index in [1.54, 1.807) is 6.20 Å². The summed E-state index contributed by atoms with van der Waals surface area (Å²) in [6.07, 6.45) is 12.2. The van der Waals surface area contributed by atoms with E-state index in [1.807, 2.05) is 54.0 Å². The molecule has 0 radical (unpaired) electrons. The highest BCUT2D eigenvalue weighted by molar-refractivity contribution is 5.74. The molecule has 2 aliphatic rings. The Balaban J connectivity index is 1.41. The van der Waals surface area contributed by atoms with Gasteiger partial charge in [-0.05, 0) is 80.2 Å². The summed E-state index contributed by atoms with van der Waals surface area (Å²) in [7, 11) is 0. The fraction of sp³-hybridized carbons (Fsp3) is 0.414. The number of fused-ring (bicyclic) bond motifs is 2. The Morgan fingerprint density at radius 3 is 2.69 bits per heavy atom. The summed E-state index contributed by atoms with van der Waals surface area (Å²) in [5.41, 5.74) is 6.21. The number of carbonyl (C=O) groups excluding carboxylic acids is 1. The maximum absolute atomic E-state index is 13.0. The van der Waals surface area contributed by atoms with Gasteiger partial charge in [0.25, 0.3) is 0 Å². The first-order valence-corrected chi connectivity index (χ1v) is 12.8. The zero-order valence-electron chi connectivity index (χ0n) is 20.9. The summed E-state index contributed by atoms with van der Waals surface area (Å²) in [5, 5.41) is 8.07. The molecule has 5 rings (SSSR count). The van der Waals surface area contributed by atoms with Crippen molar-refractivity contribution in [1.82, 2.24) is 25.0 Å². The Morgan fingerprint density at radius 2 is 1.97 bits per heavy atom. The molecule has 2 aliphatic carbocycles. The fourth-order valence-electron chi connectivity index (χ4n) is 6.00. The minimum Gasteiger partial charge on any atom is -0.331 e. The van der Waals surface area contributed by atoms with Crippen LogP contribution < -0.4 is 5.32 Å². The molecule has 2 heterocycles. The number of nitrogens with zero attached hydrogens (tertiary/aromatic N) is 4. The van der Waals surface area contributed by atoms with Gasteiger partial charge >= 0.3 is 6.03 Å². The average Bonchev–Trinajstić information content (AvgIpc) is 3.43. The lowest BCUT2D eigenvalue weighted by molar-refractivity contribution is 0.188. The monoisotopic (exact) mass is 469 g/mol. The molecule has 3 aromatic rings. The normalized spacial score (nSPS) is 21.6. The van der Waals surface area contributed by atoms with Crippen molar-refractivity contribution in [2.45, 2.75) is 52.5 Å². The van der Waals surface area contributed by atoms with Crippen LogP contribution in [-0.4, -0.2) is 38.8 Å². The van der Waals surface area contributed by atoms with Crippen molar-refractivity contribution >= 4 is 12.1 Å². The van der Waals surface area contributed by atoms with Gasteiger partial charge < -0.3 is 10.2 Å². The van der Waals surface area contributed by atoms with E-state index in [0.717, 1.165) is 31.4 Å². The van der Waals surface area contributed by atoms with Gasteiger partial charge in [-0.1, -0.05) is 42.8 Å². The number of allylic oxidation sites excluding steroid dienone is 1. The second-order valence-electron chi connectivity index (χ2n) is 10.00. The van der Waals surface area contributed by atoms with E-state index in [0.29, 0.717) is 19.0 Å². The standard InChI is InChI=1S/C29H35N5O/c1-4-33(5-2)28(35)32-26(21-10-7-6-8-11-21)16-23-13-14-24-17-27-22(18-29(23,24)3)19-31-34(27)25-12-9-15-30-20-25/h6-12,15,17,19-20,23,26H,4-5,13-14,16,18H2,1-3H3,(H,32,35)/t23-,26?,29-/m1/s1. The number of nitrogens with one attached hydrogen (secondary N) is 1. The molecule has 1 aromatic carbocycles. The number of hydrogen-bond donors (Lipinski definition) is 1. The summed E-state index contributed by atoms with van der Waals surface area (Å²) in [4.78, 5) is 19.1. The molecule has 2 amide bonds. The van der Waals surface area contributed by atoms with Crippen LogP contribution in [0.1, 0.15) is 62.9 Å². The quantitative estimate of drug-likeness (QED) is 0.475. The van der Waals surface area contributed by atoms with E-state index in [9.17, 15) is 4.79 Å². The Hall–Kier alpha value is -3.41. The highest BCUT2D eigenvalue weighted by Crippen LogP contribution is 2.55. The van der Waals surface area contributed by atoms with Crippen molar-refractivity contribution in [2.75, 3.05) is 13.1 Å². The molecule has 6 nitrogen and oxygen atoms in total. The van der Waals surface area contributed by atoms with Crippen LogP contribution in [0.5, 0.6) is 0 Å². The van der Waals surface area contributed by atoms with Crippen LogP contribution in [0.4, 0.5) is 4.79 Å². The third-order valence-corrected chi connectivity index (χ3v) is 8.11. The average molecular weight is 470 g/mol. The minimum absolute atomic E-state index is 0.00927. The number of rotatable bonds is 7. The predicted octanol–water partition coefficient (Wildman–Crippen LogP) is 5.81.